The molecular weight excluding hydrogens is 489 g/mol. The minimum absolute atomic E-state index is 0. The van der Waals surface area contributed by atoms with Crippen LogP contribution in [0.1, 0.15) is 19.8 Å². The second-order valence-corrected chi connectivity index (χ2v) is 7.33. The number of anilines is 1. The predicted octanol–water partition coefficient (Wildman–Crippen LogP) is 2.66. The largest absolute Gasteiger partial charge is 0.369 e. The number of nitrogens with zero attached hydrogens (tertiary/aromatic N) is 5. The van der Waals surface area contributed by atoms with E-state index >= 15 is 0 Å². The summed E-state index contributed by atoms with van der Waals surface area (Å²) in [7, 11) is 0. The van der Waals surface area contributed by atoms with Crippen LogP contribution in [0.15, 0.2) is 53.8 Å². The molecule has 2 N–H and O–H groups in total. The first-order valence-electron chi connectivity index (χ1n) is 10.9. The van der Waals surface area contributed by atoms with Crippen molar-refractivity contribution in [3.63, 3.8) is 0 Å². The highest BCUT2D eigenvalue weighted by atomic mass is 127. The van der Waals surface area contributed by atoms with Gasteiger partial charge in [-0.15, -0.1) is 24.0 Å². The number of aromatic nitrogens is 2. The third-order valence-corrected chi connectivity index (χ3v) is 5.16. The van der Waals surface area contributed by atoms with Crippen LogP contribution in [0.4, 0.5) is 5.69 Å². The van der Waals surface area contributed by atoms with Crippen molar-refractivity contribution in [1.82, 2.24) is 25.3 Å². The summed E-state index contributed by atoms with van der Waals surface area (Å²) < 4.78 is 1.95. The predicted molar refractivity (Wildman–Crippen MR) is 136 cm³/mol. The van der Waals surface area contributed by atoms with E-state index in [1.165, 1.54) is 5.69 Å². The standard InChI is InChI=1S/C22H35N7.HI/c1-2-23-22(25-12-7-15-29-16-8-13-26-29)24-11-6-14-27-17-19-28(20-18-27)21-9-4-3-5-10-21;/h3-5,8-10,13,16H,2,6-7,11-12,14-15,17-20H2,1H3,(H2,23,24,25);1H. The zero-order valence-corrected chi connectivity index (χ0v) is 20.4. The maximum absolute atomic E-state index is 4.67. The molecule has 0 saturated carbocycles. The Kier molecular flexibility index (Phi) is 11.6. The third kappa shape index (κ3) is 8.51. The molecule has 8 heteroatoms. The smallest absolute Gasteiger partial charge is 0.191 e. The van der Waals surface area contributed by atoms with Crippen molar-refractivity contribution in [3.8, 4) is 0 Å². The lowest BCUT2D eigenvalue weighted by atomic mass is 10.2. The Balaban J connectivity index is 0.00000320. The van der Waals surface area contributed by atoms with E-state index in [0.29, 0.717) is 0 Å². The van der Waals surface area contributed by atoms with Crippen LogP contribution in [0.2, 0.25) is 0 Å². The monoisotopic (exact) mass is 525 g/mol. The molecule has 2 aromatic rings. The minimum Gasteiger partial charge on any atom is -0.369 e. The van der Waals surface area contributed by atoms with Gasteiger partial charge in [0.25, 0.3) is 0 Å². The molecule has 1 aromatic heterocycles. The number of rotatable bonds is 10. The summed E-state index contributed by atoms with van der Waals surface area (Å²) in [5.74, 6) is 0.918. The van der Waals surface area contributed by atoms with Crippen LogP contribution in [-0.2, 0) is 6.54 Å². The first-order valence-corrected chi connectivity index (χ1v) is 10.9. The van der Waals surface area contributed by atoms with Crippen molar-refractivity contribution in [2.45, 2.75) is 26.3 Å². The van der Waals surface area contributed by atoms with E-state index < -0.39 is 0 Å². The molecule has 3 rings (SSSR count). The molecule has 166 valence electrons. The lowest BCUT2D eigenvalue weighted by molar-refractivity contribution is 0.255. The van der Waals surface area contributed by atoms with Gasteiger partial charge in [0.15, 0.2) is 5.96 Å². The van der Waals surface area contributed by atoms with E-state index in [0.717, 1.165) is 77.7 Å². The van der Waals surface area contributed by atoms with Crippen LogP contribution in [0, 0.1) is 0 Å². The van der Waals surface area contributed by atoms with Gasteiger partial charge in [-0.25, -0.2) is 0 Å². The second kappa shape index (κ2) is 14.2. The molecule has 0 bridgehead atoms. The third-order valence-electron chi connectivity index (χ3n) is 5.16. The van der Waals surface area contributed by atoms with Crippen LogP contribution in [-0.4, -0.2) is 73.0 Å². The summed E-state index contributed by atoms with van der Waals surface area (Å²) in [5, 5.41) is 11.0. The van der Waals surface area contributed by atoms with Crippen molar-refractivity contribution < 1.29 is 0 Å². The van der Waals surface area contributed by atoms with Gasteiger partial charge in [0.05, 0.1) is 0 Å². The van der Waals surface area contributed by atoms with E-state index in [4.69, 9.17) is 0 Å². The normalized spacial score (nSPS) is 15.0. The molecule has 0 amide bonds. The molecule has 30 heavy (non-hydrogen) atoms. The summed E-state index contributed by atoms with van der Waals surface area (Å²) in [5.41, 5.74) is 1.34. The molecular formula is C22H36IN7. The zero-order valence-electron chi connectivity index (χ0n) is 18.0. The fraction of sp³-hybridized carbons (Fsp3) is 0.545. The van der Waals surface area contributed by atoms with E-state index in [1.54, 1.807) is 0 Å². The van der Waals surface area contributed by atoms with Gasteiger partial charge in [-0.3, -0.25) is 14.6 Å². The molecule has 1 fully saturated rings. The number of halogens is 1. The van der Waals surface area contributed by atoms with Crippen LogP contribution < -0.4 is 15.5 Å². The fourth-order valence-corrected chi connectivity index (χ4v) is 3.58. The molecule has 0 unspecified atom stereocenters. The number of para-hydroxylation sites is 1. The Morgan fingerprint density at radius 2 is 1.80 bits per heavy atom. The van der Waals surface area contributed by atoms with Crippen LogP contribution in [0.25, 0.3) is 0 Å². The van der Waals surface area contributed by atoms with E-state index in [1.807, 2.05) is 23.1 Å². The van der Waals surface area contributed by atoms with Gasteiger partial charge in [-0.05, 0) is 44.5 Å². The second-order valence-electron chi connectivity index (χ2n) is 7.33. The van der Waals surface area contributed by atoms with Crippen molar-refractivity contribution in [3.05, 3.63) is 48.8 Å². The molecule has 2 heterocycles. The van der Waals surface area contributed by atoms with E-state index in [2.05, 4.69) is 67.8 Å². The summed E-state index contributed by atoms with van der Waals surface area (Å²) in [6.07, 6.45) is 5.93. The molecule has 1 aliphatic heterocycles. The zero-order chi connectivity index (χ0) is 20.2. The molecule has 0 spiro atoms. The number of benzene rings is 1. The van der Waals surface area contributed by atoms with Gasteiger partial charge in [0.2, 0.25) is 0 Å². The average Bonchev–Trinajstić information content (AvgIpc) is 3.29. The number of hydrogen-bond acceptors (Lipinski definition) is 4. The molecule has 1 saturated heterocycles. The number of aliphatic imine (C=N–C) groups is 1. The molecule has 0 atom stereocenters. The van der Waals surface area contributed by atoms with Crippen molar-refractivity contribution in [1.29, 1.82) is 0 Å². The molecule has 7 nitrogen and oxygen atoms in total. The Labute approximate surface area is 197 Å². The SMILES string of the molecule is CCNC(=NCCCn1cccn1)NCCCN1CCN(c2ccccc2)CC1.I. The Bertz CT molecular complexity index is 698. The quantitative estimate of drug-likeness (QED) is 0.216. The summed E-state index contributed by atoms with van der Waals surface area (Å²) in [6.45, 7) is 11.3. The van der Waals surface area contributed by atoms with Gasteiger partial charge in [0, 0.05) is 70.4 Å². The average molecular weight is 525 g/mol. The van der Waals surface area contributed by atoms with Crippen LogP contribution in [0.5, 0.6) is 0 Å². The number of guanidine groups is 1. The maximum atomic E-state index is 4.67. The maximum Gasteiger partial charge on any atom is 0.191 e. The highest BCUT2D eigenvalue weighted by molar-refractivity contribution is 14.0. The van der Waals surface area contributed by atoms with Crippen LogP contribution in [0.3, 0.4) is 0 Å². The molecule has 0 radical (unpaired) electrons. The van der Waals surface area contributed by atoms with Gasteiger partial charge in [-0.2, -0.15) is 5.10 Å². The summed E-state index contributed by atoms with van der Waals surface area (Å²) in [6, 6.07) is 12.7. The van der Waals surface area contributed by atoms with Gasteiger partial charge in [0.1, 0.15) is 0 Å². The topological polar surface area (TPSA) is 60.7 Å². The molecule has 1 aromatic carbocycles. The summed E-state index contributed by atoms with van der Waals surface area (Å²) >= 11 is 0. The highest BCUT2D eigenvalue weighted by Crippen LogP contribution is 2.15. The Hall–Kier alpha value is -1.81. The number of hydrogen-bond donors (Lipinski definition) is 2. The first-order chi connectivity index (χ1) is 14.3. The van der Waals surface area contributed by atoms with E-state index in [-0.39, 0.29) is 24.0 Å². The van der Waals surface area contributed by atoms with Gasteiger partial charge >= 0.3 is 0 Å². The van der Waals surface area contributed by atoms with Crippen molar-refractivity contribution in [2.75, 3.05) is 57.3 Å². The van der Waals surface area contributed by atoms with Crippen molar-refractivity contribution >= 4 is 35.6 Å². The number of piperazine rings is 1. The summed E-state index contributed by atoms with van der Waals surface area (Å²) in [4.78, 5) is 9.72. The van der Waals surface area contributed by atoms with Crippen molar-refractivity contribution in [2.24, 2.45) is 4.99 Å². The first kappa shape index (κ1) is 24.5. The fourth-order valence-electron chi connectivity index (χ4n) is 3.58. The Morgan fingerprint density at radius 1 is 1.00 bits per heavy atom. The minimum atomic E-state index is 0. The number of nitrogens with one attached hydrogen (secondary N) is 2. The molecule has 1 aliphatic rings. The van der Waals surface area contributed by atoms with Crippen LogP contribution >= 0.6 is 24.0 Å². The lowest BCUT2D eigenvalue weighted by Crippen LogP contribution is -2.47. The highest BCUT2D eigenvalue weighted by Gasteiger charge is 2.16. The lowest BCUT2D eigenvalue weighted by Gasteiger charge is -2.36. The molecule has 0 aliphatic carbocycles. The van der Waals surface area contributed by atoms with Gasteiger partial charge < -0.3 is 15.5 Å². The Morgan fingerprint density at radius 3 is 2.50 bits per heavy atom. The number of aryl methyl sites for hydroxylation is 1. The van der Waals surface area contributed by atoms with E-state index in [9.17, 15) is 0 Å². The van der Waals surface area contributed by atoms with Gasteiger partial charge in [-0.1, -0.05) is 18.2 Å².